The minimum absolute atomic E-state index is 0.128. The standard InChI is InChI=1S/C11H9N3O3/c1-16-11-7(5-12)2-6(3-8(11)15)9-4-10(13)14-17-9/h2-4,15H,1H3,(H2,13,14). The predicted molar refractivity (Wildman–Crippen MR) is 59.3 cm³/mol. The van der Waals surface area contributed by atoms with Crippen LogP contribution in [-0.2, 0) is 0 Å². The zero-order valence-corrected chi connectivity index (χ0v) is 8.97. The number of hydrogen-bond acceptors (Lipinski definition) is 6. The molecular weight excluding hydrogens is 222 g/mol. The molecule has 0 saturated carbocycles. The van der Waals surface area contributed by atoms with Gasteiger partial charge in [-0.05, 0) is 12.1 Å². The molecule has 6 heteroatoms. The Bertz CT molecular complexity index is 598. The average Bonchev–Trinajstić information content (AvgIpc) is 2.74. The van der Waals surface area contributed by atoms with E-state index >= 15 is 0 Å². The molecule has 17 heavy (non-hydrogen) atoms. The fourth-order valence-corrected chi connectivity index (χ4v) is 1.48. The van der Waals surface area contributed by atoms with Crippen molar-refractivity contribution in [1.29, 1.82) is 5.26 Å². The molecule has 0 atom stereocenters. The number of hydrogen-bond donors (Lipinski definition) is 2. The van der Waals surface area contributed by atoms with E-state index in [0.29, 0.717) is 11.3 Å². The molecule has 86 valence electrons. The van der Waals surface area contributed by atoms with Crippen LogP contribution < -0.4 is 10.5 Å². The Morgan fingerprint density at radius 1 is 1.47 bits per heavy atom. The molecule has 0 unspecified atom stereocenters. The van der Waals surface area contributed by atoms with Gasteiger partial charge in [-0.1, -0.05) is 5.16 Å². The Morgan fingerprint density at radius 2 is 2.24 bits per heavy atom. The Kier molecular flexibility index (Phi) is 2.58. The molecular formula is C11H9N3O3. The van der Waals surface area contributed by atoms with E-state index < -0.39 is 0 Å². The third-order valence-corrected chi connectivity index (χ3v) is 2.21. The lowest BCUT2D eigenvalue weighted by Gasteiger charge is -2.06. The molecule has 1 aromatic carbocycles. The zero-order chi connectivity index (χ0) is 12.4. The minimum Gasteiger partial charge on any atom is -0.504 e. The van der Waals surface area contributed by atoms with Crippen LogP contribution in [0.25, 0.3) is 11.3 Å². The fraction of sp³-hybridized carbons (Fsp3) is 0.0909. The summed E-state index contributed by atoms with van der Waals surface area (Å²) in [5.41, 5.74) is 6.13. The van der Waals surface area contributed by atoms with Crippen molar-refractivity contribution in [3.63, 3.8) is 0 Å². The Morgan fingerprint density at radius 3 is 2.76 bits per heavy atom. The lowest BCUT2D eigenvalue weighted by Crippen LogP contribution is -1.89. The maximum absolute atomic E-state index is 9.70. The molecule has 1 heterocycles. The highest BCUT2D eigenvalue weighted by atomic mass is 16.5. The van der Waals surface area contributed by atoms with Crippen molar-refractivity contribution in [3.05, 3.63) is 23.8 Å². The summed E-state index contributed by atoms with van der Waals surface area (Å²) in [6.45, 7) is 0. The summed E-state index contributed by atoms with van der Waals surface area (Å²) in [6, 6.07) is 6.37. The Balaban J connectivity index is 2.58. The highest BCUT2D eigenvalue weighted by Crippen LogP contribution is 2.35. The summed E-state index contributed by atoms with van der Waals surface area (Å²) in [5, 5.41) is 22.2. The molecule has 0 amide bonds. The highest BCUT2D eigenvalue weighted by molar-refractivity contribution is 5.68. The lowest BCUT2D eigenvalue weighted by atomic mass is 10.1. The largest absolute Gasteiger partial charge is 0.504 e. The normalized spacial score (nSPS) is 9.88. The maximum atomic E-state index is 9.70. The van der Waals surface area contributed by atoms with Crippen LogP contribution in [0.4, 0.5) is 5.82 Å². The number of phenols is 1. The van der Waals surface area contributed by atoms with Gasteiger partial charge in [-0.3, -0.25) is 0 Å². The molecule has 2 rings (SSSR count). The number of nitrogens with two attached hydrogens (primary N) is 1. The number of nitriles is 1. The summed E-state index contributed by atoms with van der Waals surface area (Å²) in [5.74, 6) is 0.589. The smallest absolute Gasteiger partial charge is 0.178 e. The van der Waals surface area contributed by atoms with Crippen LogP contribution in [-0.4, -0.2) is 17.4 Å². The maximum Gasteiger partial charge on any atom is 0.178 e. The quantitative estimate of drug-likeness (QED) is 0.811. The first-order valence-corrected chi connectivity index (χ1v) is 4.69. The van der Waals surface area contributed by atoms with Crippen molar-refractivity contribution >= 4 is 5.82 Å². The molecule has 0 spiro atoms. The number of rotatable bonds is 2. The number of aromatic hydroxyl groups is 1. The Hall–Kier alpha value is -2.68. The molecule has 3 N–H and O–H groups in total. The van der Waals surface area contributed by atoms with Gasteiger partial charge in [-0.2, -0.15) is 5.26 Å². The van der Waals surface area contributed by atoms with Crippen molar-refractivity contribution in [2.75, 3.05) is 12.8 Å². The van der Waals surface area contributed by atoms with E-state index in [1.165, 1.54) is 25.3 Å². The van der Waals surface area contributed by atoms with E-state index in [0.717, 1.165) is 0 Å². The molecule has 6 nitrogen and oxygen atoms in total. The molecule has 0 fully saturated rings. The number of methoxy groups -OCH3 is 1. The molecule has 0 aliphatic carbocycles. The molecule has 2 aromatic rings. The second kappa shape index (κ2) is 4.06. The van der Waals surface area contributed by atoms with Gasteiger partial charge in [0.25, 0.3) is 0 Å². The van der Waals surface area contributed by atoms with Gasteiger partial charge in [0.2, 0.25) is 0 Å². The molecule has 0 aliphatic rings. The zero-order valence-electron chi connectivity index (χ0n) is 8.97. The Labute approximate surface area is 96.8 Å². The first kappa shape index (κ1) is 10.8. The van der Waals surface area contributed by atoms with Gasteiger partial charge in [-0.15, -0.1) is 0 Å². The number of phenolic OH excluding ortho intramolecular Hbond substituents is 1. The van der Waals surface area contributed by atoms with Gasteiger partial charge in [0.05, 0.1) is 12.7 Å². The van der Waals surface area contributed by atoms with Crippen LogP contribution in [0.1, 0.15) is 5.56 Å². The fourth-order valence-electron chi connectivity index (χ4n) is 1.48. The molecule has 1 aromatic heterocycles. The van der Waals surface area contributed by atoms with E-state index in [-0.39, 0.29) is 22.9 Å². The SMILES string of the molecule is COc1c(O)cc(-c2cc(N)no2)cc1C#N. The summed E-state index contributed by atoms with van der Waals surface area (Å²) >= 11 is 0. The number of aromatic nitrogens is 1. The summed E-state index contributed by atoms with van der Waals surface area (Å²) in [4.78, 5) is 0. The van der Waals surface area contributed by atoms with Crippen molar-refractivity contribution in [2.24, 2.45) is 0 Å². The van der Waals surface area contributed by atoms with Crippen molar-refractivity contribution < 1.29 is 14.4 Å². The van der Waals surface area contributed by atoms with Gasteiger partial charge >= 0.3 is 0 Å². The monoisotopic (exact) mass is 231 g/mol. The summed E-state index contributed by atoms with van der Waals surface area (Å²) in [6.07, 6.45) is 0. The second-order valence-corrected chi connectivity index (χ2v) is 3.30. The number of anilines is 1. The molecule has 0 aliphatic heterocycles. The predicted octanol–water partition coefficient (Wildman–Crippen LogP) is 1.51. The number of benzene rings is 1. The molecule has 0 saturated heterocycles. The van der Waals surface area contributed by atoms with Crippen LogP contribution in [0.5, 0.6) is 11.5 Å². The van der Waals surface area contributed by atoms with Crippen LogP contribution in [0.3, 0.4) is 0 Å². The van der Waals surface area contributed by atoms with Crippen LogP contribution in [0.2, 0.25) is 0 Å². The van der Waals surface area contributed by atoms with Gasteiger partial charge in [-0.25, -0.2) is 0 Å². The third kappa shape index (κ3) is 1.86. The van der Waals surface area contributed by atoms with Crippen LogP contribution in [0, 0.1) is 11.3 Å². The number of ether oxygens (including phenoxy) is 1. The first-order chi connectivity index (χ1) is 8.15. The first-order valence-electron chi connectivity index (χ1n) is 4.69. The van der Waals surface area contributed by atoms with Crippen LogP contribution in [0.15, 0.2) is 22.7 Å². The highest BCUT2D eigenvalue weighted by Gasteiger charge is 2.14. The molecule has 0 radical (unpaired) electrons. The van der Waals surface area contributed by atoms with E-state index in [1.54, 1.807) is 0 Å². The van der Waals surface area contributed by atoms with E-state index in [9.17, 15) is 5.11 Å². The van der Waals surface area contributed by atoms with E-state index in [4.69, 9.17) is 20.3 Å². The summed E-state index contributed by atoms with van der Waals surface area (Å²) < 4.78 is 9.86. The molecule has 0 bridgehead atoms. The van der Waals surface area contributed by atoms with Crippen molar-refractivity contribution in [3.8, 4) is 28.9 Å². The van der Waals surface area contributed by atoms with Gasteiger partial charge in [0.1, 0.15) is 6.07 Å². The number of nitrogen functional groups attached to an aromatic ring is 1. The van der Waals surface area contributed by atoms with Gasteiger partial charge in [0, 0.05) is 11.6 Å². The minimum atomic E-state index is -0.142. The lowest BCUT2D eigenvalue weighted by molar-refractivity contribution is 0.372. The average molecular weight is 231 g/mol. The topological polar surface area (TPSA) is 105 Å². The van der Waals surface area contributed by atoms with Crippen molar-refractivity contribution in [1.82, 2.24) is 5.16 Å². The van der Waals surface area contributed by atoms with Crippen LogP contribution >= 0.6 is 0 Å². The summed E-state index contributed by atoms with van der Waals surface area (Å²) in [7, 11) is 1.38. The number of nitrogens with zero attached hydrogens (tertiary/aromatic N) is 2. The third-order valence-electron chi connectivity index (χ3n) is 2.21. The second-order valence-electron chi connectivity index (χ2n) is 3.30. The van der Waals surface area contributed by atoms with Gasteiger partial charge < -0.3 is 20.1 Å². The van der Waals surface area contributed by atoms with E-state index in [1.807, 2.05) is 6.07 Å². The van der Waals surface area contributed by atoms with Crippen molar-refractivity contribution in [2.45, 2.75) is 0 Å². The van der Waals surface area contributed by atoms with E-state index in [2.05, 4.69) is 5.16 Å². The van der Waals surface area contributed by atoms with Gasteiger partial charge in [0.15, 0.2) is 23.1 Å².